The lowest BCUT2D eigenvalue weighted by Gasteiger charge is -1.98. The van der Waals surface area contributed by atoms with E-state index in [9.17, 15) is 0 Å². The average molecular weight is 273 g/mol. The Bertz CT molecular complexity index is 409. The van der Waals surface area contributed by atoms with Gasteiger partial charge in [0.2, 0.25) is 0 Å². The molecule has 0 spiro atoms. The van der Waals surface area contributed by atoms with Crippen LogP contribution in [0.5, 0.6) is 0 Å². The maximum Gasteiger partial charge on any atom is 0.115 e. The molecule has 0 aliphatic carbocycles. The molecule has 1 aromatic rings. The number of nitrogens with two attached hydrogens (primary N) is 1. The first-order valence-electron chi connectivity index (χ1n) is 3.76. The van der Waals surface area contributed by atoms with Crippen molar-refractivity contribution in [3.05, 3.63) is 28.2 Å². The Labute approximate surface area is 95.3 Å². The van der Waals surface area contributed by atoms with E-state index >= 15 is 0 Å². The summed E-state index contributed by atoms with van der Waals surface area (Å²) in [5.41, 5.74) is 6.70. The van der Waals surface area contributed by atoms with Gasteiger partial charge in [-0.1, -0.05) is 0 Å². The minimum Gasteiger partial charge on any atom is -0.386 e. The predicted molar refractivity (Wildman–Crippen MR) is 60.9 cm³/mol. The molecule has 0 radical (unpaired) electrons. The third kappa shape index (κ3) is 2.72. The van der Waals surface area contributed by atoms with E-state index in [0.717, 1.165) is 0 Å². The number of rotatable bonds is 2. The zero-order chi connectivity index (χ0) is 10.6. The van der Waals surface area contributed by atoms with Crippen molar-refractivity contribution in [3.8, 4) is 6.07 Å². The van der Waals surface area contributed by atoms with Crippen molar-refractivity contribution in [1.29, 1.82) is 5.26 Å². The van der Waals surface area contributed by atoms with Crippen molar-refractivity contribution in [2.24, 2.45) is 10.7 Å². The molecule has 0 unspecified atom stereocenters. The van der Waals surface area contributed by atoms with Crippen LogP contribution >= 0.6 is 27.5 Å². The van der Waals surface area contributed by atoms with Gasteiger partial charge in [-0.2, -0.15) is 5.26 Å². The fourth-order valence-electron chi connectivity index (χ4n) is 0.860. The molecule has 0 amide bonds. The first-order valence-corrected chi connectivity index (χ1v) is 5.08. The Balaban J connectivity index is 3.05. The van der Waals surface area contributed by atoms with E-state index < -0.39 is 0 Å². The predicted octanol–water partition coefficient (Wildman–Crippen LogP) is 2.55. The highest BCUT2D eigenvalue weighted by Gasteiger charge is 1.99. The number of aliphatic imine (C=N–C) groups is 1. The largest absolute Gasteiger partial charge is 0.386 e. The Morgan fingerprint density at radius 3 is 2.86 bits per heavy atom. The molecule has 0 aliphatic rings. The molecule has 5 heteroatoms. The topological polar surface area (TPSA) is 62.2 Å². The number of hydrogen-bond acceptors (Lipinski definition) is 2. The van der Waals surface area contributed by atoms with E-state index in [1.54, 1.807) is 18.2 Å². The summed E-state index contributed by atoms with van der Waals surface area (Å²) < 4.78 is 0.698. The maximum absolute atomic E-state index is 8.68. The summed E-state index contributed by atoms with van der Waals surface area (Å²) in [6.45, 7) is 0. The highest BCUT2D eigenvalue weighted by atomic mass is 79.9. The van der Waals surface area contributed by atoms with Crippen LogP contribution in [0.15, 0.2) is 27.7 Å². The molecule has 14 heavy (non-hydrogen) atoms. The van der Waals surface area contributed by atoms with Gasteiger partial charge in [-0.3, -0.25) is 0 Å². The Morgan fingerprint density at radius 1 is 1.64 bits per heavy atom. The van der Waals surface area contributed by atoms with Gasteiger partial charge in [0.25, 0.3) is 0 Å². The van der Waals surface area contributed by atoms with Crippen LogP contribution in [-0.2, 0) is 0 Å². The molecule has 1 aromatic carbocycles. The van der Waals surface area contributed by atoms with E-state index in [1.807, 2.05) is 6.07 Å². The Hall–Kier alpha value is -1.05. The number of nitriles is 1. The Kier molecular flexibility index (Phi) is 3.93. The van der Waals surface area contributed by atoms with Gasteiger partial charge in [-0.05, 0) is 34.1 Å². The summed E-state index contributed by atoms with van der Waals surface area (Å²) in [6.07, 6.45) is 0. The van der Waals surface area contributed by atoms with Crippen molar-refractivity contribution in [3.63, 3.8) is 0 Å². The van der Waals surface area contributed by atoms with Gasteiger partial charge in [0.1, 0.15) is 11.9 Å². The zero-order valence-corrected chi connectivity index (χ0v) is 9.51. The summed E-state index contributed by atoms with van der Waals surface area (Å²) in [5.74, 6) is 0.542. The molecule has 0 aromatic heterocycles. The van der Waals surface area contributed by atoms with Crippen molar-refractivity contribution in [2.75, 3.05) is 5.88 Å². The molecule has 0 atom stereocenters. The third-order valence-corrected chi connectivity index (χ3v) is 2.41. The molecule has 0 heterocycles. The number of halogens is 2. The molecule has 0 saturated heterocycles. The normalized spacial score (nSPS) is 11.1. The third-order valence-electron chi connectivity index (χ3n) is 1.48. The van der Waals surface area contributed by atoms with Crippen molar-refractivity contribution in [1.82, 2.24) is 0 Å². The summed E-state index contributed by atoms with van der Waals surface area (Å²) >= 11 is 8.73. The number of benzene rings is 1. The second-order valence-corrected chi connectivity index (χ2v) is 3.63. The summed E-state index contributed by atoms with van der Waals surface area (Å²) in [7, 11) is 0. The lowest BCUT2D eigenvalue weighted by atomic mass is 10.2. The van der Waals surface area contributed by atoms with Crippen LogP contribution in [0.1, 0.15) is 5.56 Å². The SMILES string of the molecule is N#Cc1ccc(N=C(N)CCl)cc1Br. The maximum atomic E-state index is 8.68. The van der Waals surface area contributed by atoms with Gasteiger partial charge in [-0.15, -0.1) is 11.6 Å². The van der Waals surface area contributed by atoms with Gasteiger partial charge >= 0.3 is 0 Å². The van der Waals surface area contributed by atoms with Crippen LogP contribution in [0.25, 0.3) is 0 Å². The van der Waals surface area contributed by atoms with E-state index in [2.05, 4.69) is 20.9 Å². The molecule has 0 aliphatic heterocycles. The molecule has 72 valence electrons. The minimum atomic E-state index is 0.192. The molecule has 2 N–H and O–H groups in total. The van der Waals surface area contributed by atoms with Crippen molar-refractivity contribution >= 4 is 39.1 Å². The monoisotopic (exact) mass is 271 g/mol. The molecule has 0 bridgehead atoms. The van der Waals surface area contributed by atoms with Gasteiger partial charge in [0.15, 0.2) is 0 Å². The van der Waals surface area contributed by atoms with Crippen LogP contribution in [0.2, 0.25) is 0 Å². The van der Waals surface area contributed by atoms with E-state index in [1.165, 1.54) is 0 Å². The number of alkyl halides is 1. The fraction of sp³-hybridized carbons (Fsp3) is 0.111. The summed E-state index contributed by atoms with van der Waals surface area (Å²) in [4.78, 5) is 4.04. The van der Waals surface area contributed by atoms with Crippen LogP contribution < -0.4 is 5.73 Å². The van der Waals surface area contributed by atoms with Gasteiger partial charge in [0, 0.05) is 4.47 Å². The molecule has 0 fully saturated rings. The minimum absolute atomic E-state index is 0.192. The zero-order valence-electron chi connectivity index (χ0n) is 7.17. The number of amidine groups is 1. The summed E-state index contributed by atoms with van der Waals surface area (Å²) in [5, 5.41) is 8.68. The smallest absolute Gasteiger partial charge is 0.115 e. The number of hydrogen-bond donors (Lipinski definition) is 1. The highest BCUT2D eigenvalue weighted by molar-refractivity contribution is 9.10. The summed E-state index contributed by atoms with van der Waals surface area (Å²) in [6, 6.07) is 7.14. The highest BCUT2D eigenvalue weighted by Crippen LogP contribution is 2.22. The molecule has 1 rings (SSSR count). The fourth-order valence-corrected chi connectivity index (χ4v) is 1.38. The Morgan fingerprint density at radius 2 is 2.36 bits per heavy atom. The first kappa shape index (κ1) is 11.0. The second kappa shape index (κ2) is 4.99. The standard InChI is InChI=1S/C9H7BrClN3/c10-8-3-7(14-9(13)4-11)2-1-6(8)5-12/h1-3H,4H2,(H2,13,14). The van der Waals surface area contributed by atoms with E-state index in [-0.39, 0.29) is 5.88 Å². The molecule has 3 nitrogen and oxygen atoms in total. The molecular formula is C9H7BrClN3. The van der Waals surface area contributed by atoms with Gasteiger partial charge in [0.05, 0.1) is 17.1 Å². The van der Waals surface area contributed by atoms with Gasteiger partial charge in [-0.25, -0.2) is 4.99 Å². The van der Waals surface area contributed by atoms with E-state index in [4.69, 9.17) is 22.6 Å². The van der Waals surface area contributed by atoms with Crippen molar-refractivity contribution in [2.45, 2.75) is 0 Å². The molecular weight excluding hydrogens is 265 g/mol. The lowest BCUT2D eigenvalue weighted by Crippen LogP contribution is -2.12. The quantitative estimate of drug-likeness (QED) is 0.511. The van der Waals surface area contributed by atoms with E-state index in [0.29, 0.717) is 21.6 Å². The molecule has 0 saturated carbocycles. The van der Waals surface area contributed by atoms with Crippen LogP contribution in [-0.4, -0.2) is 11.7 Å². The van der Waals surface area contributed by atoms with Gasteiger partial charge < -0.3 is 5.73 Å². The number of nitrogens with zero attached hydrogens (tertiary/aromatic N) is 2. The van der Waals surface area contributed by atoms with Crippen LogP contribution in [0.3, 0.4) is 0 Å². The second-order valence-electron chi connectivity index (χ2n) is 2.51. The van der Waals surface area contributed by atoms with Crippen LogP contribution in [0, 0.1) is 11.3 Å². The lowest BCUT2D eigenvalue weighted by molar-refractivity contribution is 1.41. The average Bonchev–Trinajstić information content (AvgIpc) is 2.18. The first-order chi connectivity index (χ1) is 6.67. The van der Waals surface area contributed by atoms with Crippen molar-refractivity contribution < 1.29 is 0 Å². The van der Waals surface area contributed by atoms with Crippen LogP contribution in [0.4, 0.5) is 5.69 Å².